The molecule has 1 heterocycles. The third-order valence-electron chi connectivity index (χ3n) is 3.86. The standard InChI is InChI=1S/C12H15ClNO4PS2.C7H7O3P/c1-3-16-19(20,17-4-2)21-8-14-10-6-5-9(13)7-11(10)18-12(14)15;8-7(11(9)10)6-4-2-1-3-5-6/h5-7H,3-4,8H2,1-2H3;1-5,7-8H/p+1. The minimum Gasteiger partial charge on any atom is -0.408 e. The van der Waals surface area contributed by atoms with Gasteiger partial charge in [-0.05, 0) is 53.7 Å². The molecule has 13 heteroatoms. The van der Waals surface area contributed by atoms with Crippen molar-refractivity contribution in [2.75, 3.05) is 13.2 Å². The summed E-state index contributed by atoms with van der Waals surface area (Å²) >= 11 is 12.6. The number of aliphatic hydroxyl groups is 1. The van der Waals surface area contributed by atoms with Crippen molar-refractivity contribution in [3.8, 4) is 0 Å². The Balaban J connectivity index is 0.000000278. The largest absolute Gasteiger partial charge is 0.542 e. The summed E-state index contributed by atoms with van der Waals surface area (Å²) in [7, 11) is -2.53. The van der Waals surface area contributed by atoms with Gasteiger partial charge in [0.25, 0.3) is 0 Å². The Hall–Kier alpha value is -1.06. The number of aromatic nitrogens is 1. The van der Waals surface area contributed by atoms with E-state index >= 15 is 0 Å². The molecule has 0 aliphatic carbocycles. The molecule has 32 heavy (non-hydrogen) atoms. The quantitative estimate of drug-likeness (QED) is 0.334. The SMILES string of the molecule is CCOP(=S)(OCC)SCn1c(=O)oc2cc(Cl)ccc21.O=[P+](O)C(O)c1ccccc1. The van der Waals surface area contributed by atoms with Gasteiger partial charge in [0.2, 0.25) is 5.69 Å². The molecule has 2 aromatic carbocycles. The Morgan fingerprint density at radius 1 is 1.22 bits per heavy atom. The van der Waals surface area contributed by atoms with E-state index < -0.39 is 25.3 Å². The second-order valence-corrected chi connectivity index (χ2v) is 13.8. The number of benzene rings is 2. The van der Waals surface area contributed by atoms with E-state index in [2.05, 4.69) is 0 Å². The molecule has 1 aromatic heterocycles. The molecule has 174 valence electrons. The molecular weight excluding hydrogens is 516 g/mol. The normalized spacial score (nSPS) is 12.8. The Labute approximate surface area is 200 Å². The van der Waals surface area contributed by atoms with Crippen LogP contribution in [0.5, 0.6) is 0 Å². The van der Waals surface area contributed by atoms with Gasteiger partial charge in [0.15, 0.2) is 5.58 Å². The molecule has 0 fully saturated rings. The molecule has 2 N–H and O–H groups in total. The average molecular weight is 539 g/mol. The molecule has 0 bridgehead atoms. The number of hydrogen-bond donors (Lipinski definition) is 2. The highest BCUT2D eigenvalue weighted by atomic mass is 35.5. The number of fused-ring (bicyclic) bond motifs is 1. The predicted octanol–water partition coefficient (Wildman–Crippen LogP) is 5.65. The number of rotatable bonds is 9. The van der Waals surface area contributed by atoms with Gasteiger partial charge in [0.1, 0.15) is 0 Å². The predicted molar refractivity (Wildman–Crippen MR) is 132 cm³/mol. The molecule has 3 aromatic rings. The molecule has 0 saturated heterocycles. The van der Waals surface area contributed by atoms with Crippen molar-refractivity contribution in [1.29, 1.82) is 0 Å². The van der Waals surface area contributed by atoms with Crippen molar-refractivity contribution in [3.05, 3.63) is 69.7 Å². The minimum absolute atomic E-state index is 0.310. The molecule has 0 spiro atoms. The summed E-state index contributed by atoms with van der Waals surface area (Å²) in [5.74, 6) is -1.40. The number of hydrogen-bond acceptors (Lipinski definition) is 8. The van der Waals surface area contributed by atoms with Crippen molar-refractivity contribution < 1.29 is 28.0 Å². The number of nitrogens with zero attached hydrogens (tertiary/aromatic N) is 1. The van der Waals surface area contributed by atoms with E-state index in [1.165, 1.54) is 15.9 Å². The zero-order valence-corrected chi connectivity index (χ0v) is 21.5. The fourth-order valence-corrected chi connectivity index (χ4v) is 7.33. The Morgan fingerprint density at radius 3 is 2.41 bits per heavy atom. The molecule has 3 rings (SSSR count). The van der Waals surface area contributed by atoms with Crippen LogP contribution >= 0.6 is 36.7 Å². The third-order valence-corrected chi connectivity index (χ3v) is 10.2. The summed E-state index contributed by atoms with van der Waals surface area (Å²) in [6.07, 6.45) is 0. The van der Waals surface area contributed by atoms with Crippen LogP contribution in [0.1, 0.15) is 25.3 Å². The van der Waals surface area contributed by atoms with Gasteiger partial charge in [-0.1, -0.05) is 41.9 Å². The maximum atomic E-state index is 11.9. The van der Waals surface area contributed by atoms with Crippen LogP contribution in [0.4, 0.5) is 0 Å². The Morgan fingerprint density at radius 2 is 1.84 bits per heavy atom. The van der Waals surface area contributed by atoms with Gasteiger partial charge in [-0.2, -0.15) is 4.89 Å². The van der Waals surface area contributed by atoms with Crippen LogP contribution in [0.15, 0.2) is 57.7 Å². The second kappa shape index (κ2) is 13.0. The maximum absolute atomic E-state index is 11.9. The molecule has 0 radical (unpaired) electrons. The van der Waals surface area contributed by atoms with E-state index in [9.17, 15) is 9.36 Å². The van der Waals surface area contributed by atoms with Crippen molar-refractivity contribution >= 4 is 59.6 Å². The van der Waals surface area contributed by atoms with Gasteiger partial charge < -0.3 is 18.6 Å². The third kappa shape index (κ3) is 7.76. The minimum atomic E-state index is -2.53. The van der Waals surface area contributed by atoms with E-state index in [-0.39, 0.29) is 0 Å². The van der Waals surface area contributed by atoms with Gasteiger partial charge in [-0.15, -0.1) is 0 Å². The summed E-state index contributed by atoms with van der Waals surface area (Å²) in [5, 5.41) is 9.58. The zero-order chi connectivity index (χ0) is 23.7. The lowest BCUT2D eigenvalue weighted by Crippen LogP contribution is -2.12. The van der Waals surface area contributed by atoms with Crippen LogP contribution in [0.3, 0.4) is 0 Å². The maximum Gasteiger partial charge on any atom is 0.542 e. The molecule has 0 aliphatic heterocycles. The van der Waals surface area contributed by atoms with Crippen molar-refractivity contribution in [2.24, 2.45) is 0 Å². The molecule has 8 nitrogen and oxygen atoms in total. The van der Waals surface area contributed by atoms with Gasteiger partial charge in [-0.25, -0.2) is 4.79 Å². The highest BCUT2D eigenvalue weighted by Gasteiger charge is 2.27. The van der Waals surface area contributed by atoms with E-state index in [4.69, 9.17) is 46.9 Å². The first-order valence-electron chi connectivity index (χ1n) is 9.41. The van der Waals surface area contributed by atoms with Crippen molar-refractivity contribution in [2.45, 2.75) is 25.6 Å². The van der Waals surface area contributed by atoms with Gasteiger partial charge in [0, 0.05) is 16.7 Å². The van der Waals surface area contributed by atoms with Crippen molar-refractivity contribution in [1.82, 2.24) is 4.57 Å². The molecule has 0 aliphatic rings. The van der Waals surface area contributed by atoms with Crippen LogP contribution in [0, 0.1) is 0 Å². The molecule has 0 saturated carbocycles. The molecule has 2 atom stereocenters. The van der Waals surface area contributed by atoms with Crippen LogP contribution in [-0.2, 0) is 31.3 Å². The summed E-state index contributed by atoms with van der Waals surface area (Å²) in [4.78, 5) is 20.5. The summed E-state index contributed by atoms with van der Waals surface area (Å²) in [5.41, 5.74) is -0.851. The van der Waals surface area contributed by atoms with Crippen LogP contribution < -0.4 is 5.76 Å². The van der Waals surface area contributed by atoms with Crippen LogP contribution in [0.2, 0.25) is 5.02 Å². The summed E-state index contributed by atoms with van der Waals surface area (Å²) in [6.45, 7) is 4.67. The zero-order valence-electron chi connectivity index (χ0n) is 17.3. The second-order valence-electron chi connectivity index (χ2n) is 6.04. The van der Waals surface area contributed by atoms with E-state index in [1.54, 1.807) is 48.5 Å². The smallest absolute Gasteiger partial charge is 0.408 e. The fourth-order valence-electron chi connectivity index (χ4n) is 2.47. The first kappa shape index (κ1) is 27.2. The molecule has 0 amide bonds. The van der Waals surface area contributed by atoms with E-state index in [0.717, 1.165) is 0 Å². The molecular formula is C19H23ClNO7P2S2+. The molecule has 2 unspecified atom stereocenters. The van der Waals surface area contributed by atoms with Crippen LogP contribution in [0.25, 0.3) is 11.1 Å². The first-order valence-corrected chi connectivity index (χ1v) is 15.3. The number of halogens is 1. The monoisotopic (exact) mass is 538 g/mol. The van der Waals surface area contributed by atoms with Gasteiger partial charge in [-0.3, -0.25) is 4.57 Å². The van der Waals surface area contributed by atoms with Crippen molar-refractivity contribution in [3.63, 3.8) is 0 Å². The summed E-state index contributed by atoms with van der Waals surface area (Å²) < 4.78 is 28.1. The number of oxazole rings is 1. The Kier molecular flexibility index (Phi) is 11.0. The van der Waals surface area contributed by atoms with E-state index in [0.29, 0.717) is 40.8 Å². The van der Waals surface area contributed by atoms with E-state index in [1.807, 2.05) is 13.8 Å². The summed E-state index contributed by atoms with van der Waals surface area (Å²) in [6, 6.07) is 13.5. The van der Waals surface area contributed by atoms with Gasteiger partial charge in [0.05, 0.1) is 24.6 Å². The Bertz CT molecular complexity index is 1130. The highest BCUT2D eigenvalue weighted by molar-refractivity contribution is 8.67. The van der Waals surface area contributed by atoms with Gasteiger partial charge >= 0.3 is 19.6 Å². The van der Waals surface area contributed by atoms with Crippen LogP contribution in [-0.4, -0.2) is 27.8 Å². The highest BCUT2D eigenvalue weighted by Crippen LogP contribution is 2.61. The lowest BCUT2D eigenvalue weighted by atomic mass is 10.2. The lowest BCUT2D eigenvalue weighted by molar-refractivity contribution is 0.243. The number of aliphatic hydroxyl groups excluding tert-OH is 1. The first-order chi connectivity index (χ1) is 15.2. The topological polar surface area (TPSA) is 111 Å². The fraction of sp³-hybridized carbons (Fsp3) is 0.316. The lowest BCUT2D eigenvalue weighted by Gasteiger charge is -2.19. The average Bonchev–Trinajstić information content (AvgIpc) is 3.07.